The molecule has 1 amide bonds. The zero-order valence-electron chi connectivity index (χ0n) is 20.5. The monoisotopic (exact) mass is 527 g/mol. The number of β-lactam (4-membered cyclic amide) rings is 1. The number of nitrogens with zero attached hydrogens (tertiary/aromatic N) is 3. The van der Waals surface area contributed by atoms with Gasteiger partial charge in [-0.05, 0) is 42.3 Å². The zero-order chi connectivity index (χ0) is 27.8. The number of aliphatic hydroxyl groups excluding tert-OH is 1. The molecule has 0 aliphatic carbocycles. The highest BCUT2D eigenvalue weighted by Crippen LogP contribution is 2.51. The molecule has 200 valence electrons. The van der Waals surface area contributed by atoms with Crippen molar-refractivity contribution in [3.8, 4) is 5.75 Å². The van der Waals surface area contributed by atoms with E-state index in [-0.39, 0.29) is 17.7 Å². The van der Waals surface area contributed by atoms with Crippen LogP contribution in [0.1, 0.15) is 30.4 Å². The Bertz CT molecular complexity index is 1280. The number of amides is 1. The summed E-state index contributed by atoms with van der Waals surface area (Å²) < 4.78 is 10.6. The van der Waals surface area contributed by atoms with E-state index in [1.165, 1.54) is 62.6 Å². The van der Waals surface area contributed by atoms with Gasteiger partial charge in [0.25, 0.3) is 5.69 Å². The molecule has 0 radical (unpaired) electrons. The van der Waals surface area contributed by atoms with Gasteiger partial charge in [0.2, 0.25) is 18.0 Å². The number of aliphatic hydroxyl groups is 1. The maximum Gasteiger partial charge on any atom is 0.341 e. The first-order chi connectivity index (χ1) is 18.0. The van der Waals surface area contributed by atoms with Gasteiger partial charge in [-0.15, -0.1) is 0 Å². The summed E-state index contributed by atoms with van der Waals surface area (Å²) in [5.74, 6) is -4.45. The lowest BCUT2D eigenvalue weighted by Gasteiger charge is -2.51. The van der Waals surface area contributed by atoms with Crippen molar-refractivity contribution in [3.63, 3.8) is 0 Å². The van der Waals surface area contributed by atoms with Crippen LogP contribution in [-0.4, -0.2) is 68.9 Å². The minimum absolute atomic E-state index is 0.175. The van der Waals surface area contributed by atoms with Crippen molar-refractivity contribution in [2.24, 2.45) is 5.92 Å². The fraction of sp³-hybridized carbons (Fsp3) is 0.400. The third kappa shape index (κ3) is 4.34. The van der Waals surface area contributed by atoms with Crippen LogP contribution in [0.2, 0.25) is 0 Å². The molecule has 1 N–H and O–H groups in total. The number of hydrogen-bond donors (Lipinski definition) is 1. The fourth-order valence-electron chi connectivity index (χ4n) is 5.38. The molecule has 2 aromatic rings. The number of non-ortho nitro benzene ring substituents is 1. The van der Waals surface area contributed by atoms with Crippen LogP contribution in [0.3, 0.4) is 0 Å². The minimum Gasteiger partial charge on any atom is -0.497 e. The number of hydrogen-bond acceptors (Lipinski definition) is 10. The summed E-state index contributed by atoms with van der Waals surface area (Å²) in [6, 6.07) is 10.3. The molecular formula is C25H25N3O10. The van der Waals surface area contributed by atoms with Crippen LogP contribution in [0.5, 0.6) is 5.75 Å². The molecule has 13 heteroatoms. The van der Waals surface area contributed by atoms with Gasteiger partial charge in [0.15, 0.2) is 5.78 Å². The number of benzene rings is 2. The molecule has 2 heterocycles. The number of Topliss-reactive ketones (excluding diaryl/α,β-unsaturated/α-hetero) is 1. The lowest BCUT2D eigenvalue weighted by atomic mass is 9.74. The maximum absolute atomic E-state index is 13.8. The molecule has 2 aliphatic rings. The van der Waals surface area contributed by atoms with E-state index < -0.39 is 70.2 Å². The highest BCUT2D eigenvalue weighted by atomic mass is 16.6. The Balaban J connectivity index is 1.76. The molecule has 0 spiro atoms. The number of carbonyl (C=O) groups is 3. The van der Waals surface area contributed by atoms with Crippen LogP contribution in [-0.2, 0) is 25.7 Å². The molecule has 5 atom stereocenters. The number of rotatable bonds is 10. The number of ketones is 1. The summed E-state index contributed by atoms with van der Waals surface area (Å²) in [6.07, 6.45) is -1.38. The third-order valence-electron chi connectivity index (χ3n) is 7.17. The van der Waals surface area contributed by atoms with Crippen LogP contribution < -0.4 is 4.74 Å². The number of carbonyl (C=O) groups excluding carboxylic acids is 3. The highest BCUT2D eigenvalue weighted by Gasteiger charge is 2.73. The lowest BCUT2D eigenvalue weighted by Crippen LogP contribution is -2.72. The van der Waals surface area contributed by atoms with E-state index in [0.29, 0.717) is 11.3 Å². The van der Waals surface area contributed by atoms with Crippen molar-refractivity contribution >= 4 is 23.3 Å². The number of ether oxygens (including phenoxy) is 2. The zero-order valence-corrected chi connectivity index (χ0v) is 20.5. The Hall–Kier alpha value is -4.39. The van der Waals surface area contributed by atoms with Gasteiger partial charge < -0.3 is 19.5 Å². The third-order valence-corrected chi connectivity index (χ3v) is 7.17. The minimum atomic E-state index is -2.34. The lowest BCUT2D eigenvalue weighted by molar-refractivity contribution is -0.485. The molecule has 13 nitrogen and oxygen atoms in total. The quantitative estimate of drug-likeness (QED) is 0.157. The molecule has 2 aromatic carbocycles. The van der Waals surface area contributed by atoms with E-state index in [9.17, 15) is 39.7 Å². The van der Waals surface area contributed by atoms with Gasteiger partial charge in [-0.25, -0.2) is 4.79 Å². The first kappa shape index (κ1) is 26.7. The second kappa shape index (κ2) is 10.2. The van der Waals surface area contributed by atoms with Crippen molar-refractivity contribution in [3.05, 3.63) is 79.9 Å². The molecule has 0 aromatic heterocycles. The molecule has 38 heavy (non-hydrogen) atoms. The van der Waals surface area contributed by atoms with Crippen LogP contribution in [0.25, 0.3) is 0 Å². The Kier molecular flexibility index (Phi) is 7.14. The Morgan fingerprint density at radius 2 is 1.76 bits per heavy atom. The second-order valence-electron chi connectivity index (χ2n) is 9.28. The van der Waals surface area contributed by atoms with E-state index in [1.54, 1.807) is 0 Å². The van der Waals surface area contributed by atoms with Gasteiger partial charge in [0.1, 0.15) is 12.4 Å². The normalized spacial score (nSPS) is 23.7. The molecule has 0 unspecified atom stereocenters. The average Bonchev–Trinajstić information content (AvgIpc) is 3.14. The smallest absolute Gasteiger partial charge is 0.341 e. The van der Waals surface area contributed by atoms with Crippen LogP contribution in [0.15, 0.2) is 48.5 Å². The maximum atomic E-state index is 13.8. The van der Waals surface area contributed by atoms with E-state index in [2.05, 4.69) is 0 Å². The van der Waals surface area contributed by atoms with E-state index >= 15 is 0 Å². The molecule has 4 rings (SSSR count). The van der Waals surface area contributed by atoms with Gasteiger partial charge in [-0.3, -0.25) is 29.8 Å². The summed E-state index contributed by atoms with van der Waals surface area (Å²) in [7, 11) is 1.43. The summed E-state index contributed by atoms with van der Waals surface area (Å²) >= 11 is 0. The molecule has 0 saturated carbocycles. The van der Waals surface area contributed by atoms with Gasteiger partial charge in [-0.2, -0.15) is 0 Å². The molecule has 2 saturated heterocycles. The van der Waals surface area contributed by atoms with Crippen molar-refractivity contribution in [2.75, 3.05) is 13.7 Å². The standard InChI is InChI=1S/C25H25N3O10/c1-14(29)22-20-11-21(30)25(27(20)23(22)31,19(12-26(33)34)16-5-9-18(37-2)10-6-16)24(32)38-13-15-3-7-17(8-4-15)28(35)36/h3-10,14,19-20,22,29H,11-13H2,1-2H3/t14-,19-,20-,22-,25+/m1/s1. The number of nitro groups is 2. The number of esters is 1. The topological polar surface area (TPSA) is 179 Å². The van der Waals surface area contributed by atoms with Gasteiger partial charge >= 0.3 is 5.97 Å². The average molecular weight is 527 g/mol. The Morgan fingerprint density at radius 3 is 2.29 bits per heavy atom. The largest absolute Gasteiger partial charge is 0.497 e. The van der Waals surface area contributed by atoms with Crippen LogP contribution in [0, 0.1) is 26.1 Å². The van der Waals surface area contributed by atoms with Gasteiger partial charge in [0.05, 0.1) is 36.0 Å². The Labute approximate surface area is 216 Å². The number of nitro benzene ring substituents is 1. The van der Waals surface area contributed by atoms with Crippen LogP contribution >= 0.6 is 0 Å². The van der Waals surface area contributed by atoms with E-state index in [0.717, 1.165) is 4.90 Å². The predicted molar refractivity (Wildman–Crippen MR) is 129 cm³/mol. The van der Waals surface area contributed by atoms with E-state index in [1.807, 2.05) is 0 Å². The molecule has 2 fully saturated rings. The number of fused-ring (bicyclic) bond motifs is 1. The van der Waals surface area contributed by atoms with E-state index in [4.69, 9.17) is 9.47 Å². The highest BCUT2D eigenvalue weighted by molar-refractivity contribution is 6.16. The summed E-state index contributed by atoms with van der Waals surface area (Å²) in [6.45, 7) is 0.141. The predicted octanol–water partition coefficient (Wildman–Crippen LogP) is 1.63. The fourth-order valence-corrected chi connectivity index (χ4v) is 5.38. The number of methoxy groups -OCH3 is 1. The van der Waals surface area contributed by atoms with Crippen molar-refractivity contribution in [2.45, 2.75) is 43.6 Å². The second-order valence-corrected chi connectivity index (χ2v) is 9.28. The SMILES string of the molecule is COc1ccc([C@@H](C[N+](=O)[O-])[C@@]2(C(=O)OCc3ccc([N+](=O)[O-])cc3)C(=O)C[C@@H]3[C@@H]([C@@H](C)O)C(=O)N32)cc1. The Morgan fingerprint density at radius 1 is 1.13 bits per heavy atom. The van der Waals surface area contributed by atoms with Crippen molar-refractivity contribution in [1.29, 1.82) is 0 Å². The van der Waals surface area contributed by atoms with Crippen LogP contribution in [0.4, 0.5) is 5.69 Å². The molecule has 0 bridgehead atoms. The summed E-state index contributed by atoms with van der Waals surface area (Å²) in [5.41, 5.74) is -1.90. The summed E-state index contributed by atoms with van der Waals surface area (Å²) in [5, 5.41) is 32.8. The van der Waals surface area contributed by atoms with Crippen molar-refractivity contribution < 1.29 is 38.8 Å². The molecule has 2 aliphatic heterocycles. The summed E-state index contributed by atoms with van der Waals surface area (Å²) in [4.78, 5) is 63.1. The van der Waals surface area contributed by atoms with Gasteiger partial charge in [0, 0.05) is 23.5 Å². The molecular weight excluding hydrogens is 502 g/mol. The van der Waals surface area contributed by atoms with Gasteiger partial charge in [-0.1, -0.05) is 12.1 Å². The first-order valence-corrected chi connectivity index (χ1v) is 11.7. The first-order valence-electron chi connectivity index (χ1n) is 11.7. The van der Waals surface area contributed by atoms with Crippen molar-refractivity contribution in [1.82, 2.24) is 4.90 Å².